The van der Waals surface area contributed by atoms with Gasteiger partial charge in [-0.05, 0) is 12.1 Å². The number of pyridine rings is 1. The van der Waals surface area contributed by atoms with Crippen molar-refractivity contribution in [3.05, 3.63) is 29.1 Å². The van der Waals surface area contributed by atoms with Gasteiger partial charge in [0.2, 0.25) is 0 Å². The first-order valence-corrected chi connectivity index (χ1v) is 4.25. The average Bonchev–Trinajstić information content (AvgIpc) is 2.15. The zero-order valence-electron chi connectivity index (χ0n) is 7.49. The molecule has 1 aromatic rings. The van der Waals surface area contributed by atoms with Gasteiger partial charge in [-0.15, -0.1) is 0 Å². The Morgan fingerprint density at radius 2 is 2.43 bits per heavy atom. The fourth-order valence-electron chi connectivity index (χ4n) is 0.951. The number of hydrogen-bond donors (Lipinski definition) is 2. The van der Waals surface area contributed by atoms with E-state index in [0.29, 0.717) is 10.7 Å². The standard InChI is InChI=1S/C9H9ClN2O2/c1-11-7-4-8(10)12-5-6(7)2-3-9(13)14/h2-5H,1H3,(H,11,12)(H,13,14). The van der Waals surface area contributed by atoms with Gasteiger partial charge in [0.25, 0.3) is 0 Å². The molecule has 5 heteroatoms. The van der Waals surface area contributed by atoms with Crippen molar-refractivity contribution in [2.45, 2.75) is 0 Å². The molecule has 14 heavy (non-hydrogen) atoms. The molecule has 0 aliphatic rings. The van der Waals surface area contributed by atoms with Crippen molar-refractivity contribution in [3.63, 3.8) is 0 Å². The van der Waals surface area contributed by atoms with Crippen molar-refractivity contribution in [2.24, 2.45) is 0 Å². The molecule has 0 saturated carbocycles. The highest BCUT2D eigenvalue weighted by molar-refractivity contribution is 6.29. The summed E-state index contributed by atoms with van der Waals surface area (Å²) < 4.78 is 0. The maximum atomic E-state index is 10.3. The number of hydrogen-bond acceptors (Lipinski definition) is 3. The summed E-state index contributed by atoms with van der Waals surface area (Å²) in [5, 5.41) is 11.7. The van der Waals surface area contributed by atoms with Crippen LogP contribution in [-0.2, 0) is 4.79 Å². The molecule has 0 amide bonds. The van der Waals surface area contributed by atoms with Crippen LogP contribution in [-0.4, -0.2) is 23.1 Å². The molecule has 0 saturated heterocycles. The first-order valence-electron chi connectivity index (χ1n) is 3.88. The van der Waals surface area contributed by atoms with Crippen LogP contribution in [0.25, 0.3) is 6.08 Å². The Balaban J connectivity index is 3.02. The van der Waals surface area contributed by atoms with E-state index in [1.54, 1.807) is 13.1 Å². The highest BCUT2D eigenvalue weighted by Crippen LogP contribution is 2.19. The zero-order chi connectivity index (χ0) is 10.6. The van der Waals surface area contributed by atoms with Gasteiger partial charge in [-0.25, -0.2) is 9.78 Å². The lowest BCUT2D eigenvalue weighted by Crippen LogP contribution is -1.93. The maximum absolute atomic E-state index is 10.3. The quantitative estimate of drug-likeness (QED) is 0.593. The molecule has 0 fully saturated rings. The molecule has 74 valence electrons. The van der Waals surface area contributed by atoms with E-state index in [2.05, 4.69) is 10.3 Å². The van der Waals surface area contributed by atoms with Crippen LogP contribution in [0.1, 0.15) is 5.56 Å². The molecule has 1 rings (SSSR count). The molecule has 0 bridgehead atoms. The van der Waals surface area contributed by atoms with Crippen LogP contribution in [0.15, 0.2) is 18.3 Å². The third-order valence-corrected chi connectivity index (χ3v) is 1.78. The van der Waals surface area contributed by atoms with Crippen LogP contribution in [0.4, 0.5) is 5.69 Å². The number of anilines is 1. The maximum Gasteiger partial charge on any atom is 0.328 e. The largest absolute Gasteiger partial charge is 0.478 e. The predicted molar refractivity (Wildman–Crippen MR) is 55.5 cm³/mol. The summed E-state index contributed by atoms with van der Waals surface area (Å²) in [6.45, 7) is 0. The second-order valence-corrected chi connectivity index (χ2v) is 2.90. The number of carboxylic acid groups (broad SMARTS) is 1. The third kappa shape index (κ3) is 2.74. The predicted octanol–water partition coefficient (Wildman–Crippen LogP) is 1.87. The van der Waals surface area contributed by atoms with E-state index in [0.717, 1.165) is 11.8 Å². The summed E-state index contributed by atoms with van der Waals surface area (Å²) in [6.07, 6.45) is 4.01. The number of aromatic nitrogens is 1. The van der Waals surface area contributed by atoms with Crippen LogP contribution < -0.4 is 5.32 Å². The van der Waals surface area contributed by atoms with Gasteiger partial charge in [-0.2, -0.15) is 0 Å². The van der Waals surface area contributed by atoms with Gasteiger partial charge in [-0.3, -0.25) is 0 Å². The zero-order valence-corrected chi connectivity index (χ0v) is 8.25. The van der Waals surface area contributed by atoms with E-state index in [4.69, 9.17) is 16.7 Å². The van der Waals surface area contributed by atoms with E-state index in [1.807, 2.05) is 0 Å². The fraction of sp³-hybridized carbons (Fsp3) is 0.111. The van der Waals surface area contributed by atoms with Crippen molar-refractivity contribution in [1.82, 2.24) is 4.98 Å². The lowest BCUT2D eigenvalue weighted by atomic mass is 10.2. The normalized spacial score (nSPS) is 10.4. The van der Waals surface area contributed by atoms with Gasteiger partial charge in [0.15, 0.2) is 0 Å². The van der Waals surface area contributed by atoms with Crippen LogP contribution >= 0.6 is 11.6 Å². The number of carboxylic acids is 1. The van der Waals surface area contributed by atoms with Crippen LogP contribution in [0.5, 0.6) is 0 Å². The molecule has 1 aromatic heterocycles. The summed E-state index contributed by atoms with van der Waals surface area (Å²) in [4.78, 5) is 14.1. The van der Waals surface area contributed by atoms with E-state index >= 15 is 0 Å². The van der Waals surface area contributed by atoms with Gasteiger partial charge < -0.3 is 10.4 Å². The fourth-order valence-corrected chi connectivity index (χ4v) is 1.11. The van der Waals surface area contributed by atoms with E-state index in [-0.39, 0.29) is 0 Å². The van der Waals surface area contributed by atoms with E-state index in [1.165, 1.54) is 12.3 Å². The van der Waals surface area contributed by atoms with Gasteiger partial charge in [0, 0.05) is 30.6 Å². The lowest BCUT2D eigenvalue weighted by molar-refractivity contribution is -0.131. The third-order valence-electron chi connectivity index (χ3n) is 1.58. The Morgan fingerprint density at radius 1 is 1.71 bits per heavy atom. The number of nitrogens with zero attached hydrogens (tertiary/aromatic N) is 1. The topological polar surface area (TPSA) is 62.2 Å². The Hall–Kier alpha value is -1.55. The molecule has 0 aliphatic carbocycles. The minimum Gasteiger partial charge on any atom is -0.478 e. The molecular formula is C9H9ClN2O2. The molecular weight excluding hydrogens is 204 g/mol. The Labute approximate surface area is 86.2 Å². The Kier molecular flexibility index (Phi) is 3.48. The number of halogens is 1. The van der Waals surface area contributed by atoms with Crippen molar-refractivity contribution in [3.8, 4) is 0 Å². The highest BCUT2D eigenvalue weighted by atomic mass is 35.5. The highest BCUT2D eigenvalue weighted by Gasteiger charge is 1.99. The summed E-state index contributed by atoms with van der Waals surface area (Å²) in [7, 11) is 1.73. The number of carbonyl (C=O) groups is 1. The monoisotopic (exact) mass is 212 g/mol. The molecule has 0 atom stereocenters. The number of aliphatic carboxylic acids is 1. The average molecular weight is 213 g/mol. The lowest BCUT2D eigenvalue weighted by Gasteiger charge is -2.04. The summed E-state index contributed by atoms with van der Waals surface area (Å²) >= 11 is 5.67. The molecule has 1 heterocycles. The SMILES string of the molecule is CNc1cc(Cl)ncc1C=CC(=O)O. The van der Waals surface area contributed by atoms with Crippen LogP contribution in [0.3, 0.4) is 0 Å². The van der Waals surface area contributed by atoms with Crippen molar-refractivity contribution >= 4 is 29.3 Å². The molecule has 4 nitrogen and oxygen atoms in total. The van der Waals surface area contributed by atoms with Crippen LogP contribution in [0, 0.1) is 0 Å². The summed E-state index contributed by atoms with van der Waals surface area (Å²) in [5.74, 6) is -0.998. The molecule has 0 radical (unpaired) electrons. The molecule has 0 aromatic carbocycles. The van der Waals surface area contributed by atoms with Gasteiger partial charge >= 0.3 is 5.97 Å². The smallest absolute Gasteiger partial charge is 0.328 e. The first kappa shape index (κ1) is 10.5. The van der Waals surface area contributed by atoms with Crippen molar-refractivity contribution in [1.29, 1.82) is 0 Å². The second kappa shape index (κ2) is 4.62. The van der Waals surface area contributed by atoms with Crippen molar-refractivity contribution < 1.29 is 9.90 Å². The molecule has 0 unspecified atom stereocenters. The van der Waals surface area contributed by atoms with Gasteiger partial charge in [-0.1, -0.05) is 11.6 Å². The molecule has 0 aliphatic heterocycles. The molecule has 2 N–H and O–H groups in total. The molecule has 0 spiro atoms. The number of rotatable bonds is 3. The Morgan fingerprint density at radius 3 is 3.00 bits per heavy atom. The summed E-state index contributed by atoms with van der Waals surface area (Å²) in [5.41, 5.74) is 1.42. The second-order valence-electron chi connectivity index (χ2n) is 2.52. The minimum absolute atomic E-state index is 0.363. The van der Waals surface area contributed by atoms with Gasteiger partial charge in [0.1, 0.15) is 5.15 Å². The van der Waals surface area contributed by atoms with Gasteiger partial charge in [0.05, 0.1) is 0 Å². The van der Waals surface area contributed by atoms with Crippen LogP contribution in [0.2, 0.25) is 5.15 Å². The Bertz CT molecular complexity index is 377. The minimum atomic E-state index is -0.998. The summed E-state index contributed by atoms with van der Waals surface area (Å²) in [6, 6.07) is 1.63. The van der Waals surface area contributed by atoms with E-state index < -0.39 is 5.97 Å². The van der Waals surface area contributed by atoms with E-state index in [9.17, 15) is 4.79 Å². The first-order chi connectivity index (χ1) is 6.63. The number of nitrogens with one attached hydrogen (secondary N) is 1. The van der Waals surface area contributed by atoms with Crippen molar-refractivity contribution in [2.75, 3.05) is 12.4 Å².